The molecule has 1 aliphatic carbocycles. The molecule has 1 aliphatic heterocycles. The summed E-state index contributed by atoms with van der Waals surface area (Å²) >= 11 is 0. The van der Waals surface area contributed by atoms with Crippen LogP contribution in [0, 0.1) is 0 Å². The van der Waals surface area contributed by atoms with E-state index in [4.69, 9.17) is 0 Å². The Morgan fingerprint density at radius 1 is 0.950 bits per heavy atom. The number of nitrogens with zero attached hydrogens (tertiary/aromatic N) is 2. The van der Waals surface area contributed by atoms with Gasteiger partial charge in [0.1, 0.15) is 0 Å². The van der Waals surface area contributed by atoms with Gasteiger partial charge in [-0.15, -0.1) is 0 Å². The molecule has 2 aliphatic rings. The minimum absolute atomic E-state index is 0.290. The fourth-order valence-electron chi connectivity index (χ4n) is 3.65. The first kappa shape index (κ1) is 13.4. The Bertz CT molecular complexity index is 490. The van der Waals surface area contributed by atoms with Crippen molar-refractivity contribution in [2.45, 2.75) is 50.5 Å². The van der Waals surface area contributed by atoms with Crippen molar-refractivity contribution in [3.05, 3.63) is 29.8 Å². The monoisotopic (exact) mass is 270 g/mol. The molecule has 0 spiro atoms. The van der Waals surface area contributed by atoms with Gasteiger partial charge in [-0.25, -0.2) is 4.79 Å². The standard InChI is InChI=1S/C17H22N2O/c20-14-18-17(10-2-3-11-17)15-6-8-16(9-7-15)19-12-4-1-5-13-19/h6-9H,1-5,10-13H2. The lowest BCUT2D eigenvalue weighted by Gasteiger charge is -2.30. The van der Waals surface area contributed by atoms with Crippen molar-refractivity contribution in [2.75, 3.05) is 18.0 Å². The van der Waals surface area contributed by atoms with Crippen molar-refractivity contribution in [1.82, 2.24) is 0 Å². The number of aliphatic imine (C=N–C) groups is 1. The fraction of sp³-hybridized carbons (Fsp3) is 0.588. The van der Waals surface area contributed by atoms with Gasteiger partial charge in [-0.1, -0.05) is 25.0 Å². The van der Waals surface area contributed by atoms with Crippen LogP contribution < -0.4 is 4.90 Å². The number of anilines is 1. The number of hydrogen-bond acceptors (Lipinski definition) is 3. The van der Waals surface area contributed by atoms with Gasteiger partial charge in [0.05, 0.1) is 5.54 Å². The lowest BCUT2D eigenvalue weighted by Crippen LogP contribution is -2.29. The van der Waals surface area contributed by atoms with Gasteiger partial charge < -0.3 is 4.90 Å². The van der Waals surface area contributed by atoms with Gasteiger partial charge in [0.2, 0.25) is 6.08 Å². The normalized spacial score (nSPS) is 21.5. The molecule has 0 aromatic heterocycles. The zero-order valence-electron chi connectivity index (χ0n) is 12.0. The Kier molecular flexibility index (Phi) is 3.88. The molecule has 0 atom stereocenters. The summed E-state index contributed by atoms with van der Waals surface area (Å²) in [5, 5.41) is 0. The molecule has 0 N–H and O–H groups in total. The second-order valence-electron chi connectivity index (χ2n) is 6.04. The molecule has 1 saturated carbocycles. The van der Waals surface area contributed by atoms with Crippen molar-refractivity contribution in [3.63, 3.8) is 0 Å². The number of carbonyl (C=O) groups excluding carboxylic acids is 1. The van der Waals surface area contributed by atoms with Crippen LogP contribution in [0.5, 0.6) is 0 Å². The maximum atomic E-state index is 10.8. The summed E-state index contributed by atoms with van der Waals surface area (Å²) in [6.45, 7) is 2.33. The average Bonchev–Trinajstić information content (AvgIpc) is 2.99. The molecule has 2 fully saturated rings. The Morgan fingerprint density at radius 3 is 2.20 bits per heavy atom. The first-order valence-corrected chi connectivity index (χ1v) is 7.79. The van der Waals surface area contributed by atoms with Crippen molar-refractivity contribution in [2.24, 2.45) is 4.99 Å². The third-order valence-electron chi connectivity index (χ3n) is 4.82. The van der Waals surface area contributed by atoms with Crippen LogP contribution in [0.1, 0.15) is 50.5 Å². The highest BCUT2D eigenvalue weighted by Gasteiger charge is 2.35. The number of hydrogen-bond donors (Lipinski definition) is 0. The van der Waals surface area contributed by atoms with E-state index in [9.17, 15) is 4.79 Å². The van der Waals surface area contributed by atoms with Gasteiger partial charge in [-0.3, -0.25) is 0 Å². The zero-order valence-corrected chi connectivity index (χ0v) is 12.0. The van der Waals surface area contributed by atoms with Crippen molar-refractivity contribution in [3.8, 4) is 0 Å². The predicted molar refractivity (Wildman–Crippen MR) is 80.8 cm³/mol. The van der Waals surface area contributed by atoms with Crippen LogP contribution in [0.15, 0.2) is 29.3 Å². The van der Waals surface area contributed by atoms with Crippen molar-refractivity contribution >= 4 is 11.8 Å². The molecule has 3 nitrogen and oxygen atoms in total. The first-order chi connectivity index (χ1) is 9.84. The number of isocyanates is 1. The van der Waals surface area contributed by atoms with Crippen molar-refractivity contribution < 1.29 is 4.79 Å². The molecule has 1 saturated heterocycles. The van der Waals surface area contributed by atoms with Crippen molar-refractivity contribution in [1.29, 1.82) is 0 Å². The Balaban J connectivity index is 1.82. The summed E-state index contributed by atoms with van der Waals surface area (Å²) in [6, 6.07) is 8.72. The third kappa shape index (κ3) is 2.51. The second kappa shape index (κ2) is 5.80. The van der Waals surface area contributed by atoms with Crippen LogP contribution in [0.2, 0.25) is 0 Å². The summed E-state index contributed by atoms with van der Waals surface area (Å²) in [7, 11) is 0. The molecular formula is C17H22N2O. The van der Waals surface area contributed by atoms with Crippen LogP contribution in [0.25, 0.3) is 0 Å². The van der Waals surface area contributed by atoms with E-state index >= 15 is 0 Å². The minimum Gasteiger partial charge on any atom is -0.372 e. The Labute approximate surface area is 120 Å². The van der Waals surface area contributed by atoms with E-state index in [2.05, 4.69) is 34.2 Å². The Morgan fingerprint density at radius 2 is 1.60 bits per heavy atom. The molecular weight excluding hydrogens is 248 g/mol. The van der Waals surface area contributed by atoms with E-state index in [0.717, 1.165) is 38.8 Å². The summed E-state index contributed by atoms with van der Waals surface area (Å²) in [6.07, 6.45) is 9.99. The molecule has 1 heterocycles. The number of rotatable bonds is 3. The summed E-state index contributed by atoms with van der Waals surface area (Å²) in [5.41, 5.74) is 2.19. The molecule has 3 rings (SSSR count). The number of piperidine rings is 1. The Hall–Kier alpha value is -1.60. The smallest absolute Gasteiger partial charge is 0.235 e. The van der Waals surface area contributed by atoms with E-state index < -0.39 is 0 Å². The molecule has 0 unspecified atom stereocenters. The topological polar surface area (TPSA) is 32.7 Å². The fourth-order valence-corrected chi connectivity index (χ4v) is 3.65. The van der Waals surface area contributed by atoms with E-state index in [0.29, 0.717) is 0 Å². The molecule has 0 radical (unpaired) electrons. The summed E-state index contributed by atoms with van der Waals surface area (Å²) < 4.78 is 0. The largest absolute Gasteiger partial charge is 0.372 e. The molecule has 20 heavy (non-hydrogen) atoms. The first-order valence-electron chi connectivity index (χ1n) is 7.79. The van der Waals surface area contributed by atoms with Gasteiger partial charge in [0, 0.05) is 18.8 Å². The minimum atomic E-state index is -0.290. The highest BCUT2D eigenvalue weighted by molar-refractivity contribution is 5.50. The quantitative estimate of drug-likeness (QED) is 0.618. The van der Waals surface area contributed by atoms with Crippen LogP contribution in [-0.4, -0.2) is 19.2 Å². The third-order valence-corrected chi connectivity index (χ3v) is 4.82. The SMILES string of the molecule is O=C=NC1(c2ccc(N3CCCCC3)cc2)CCCC1. The highest BCUT2D eigenvalue weighted by atomic mass is 16.1. The van der Waals surface area contributed by atoms with Gasteiger partial charge in [0.15, 0.2) is 0 Å². The van der Waals surface area contributed by atoms with E-state index in [-0.39, 0.29) is 5.54 Å². The van der Waals surface area contributed by atoms with Crippen LogP contribution >= 0.6 is 0 Å². The van der Waals surface area contributed by atoms with E-state index in [1.54, 1.807) is 6.08 Å². The lowest BCUT2D eigenvalue weighted by atomic mass is 9.89. The van der Waals surface area contributed by atoms with Gasteiger partial charge >= 0.3 is 0 Å². The highest BCUT2D eigenvalue weighted by Crippen LogP contribution is 2.42. The van der Waals surface area contributed by atoms with Gasteiger partial charge in [-0.05, 0) is 49.8 Å². The van der Waals surface area contributed by atoms with Crippen LogP contribution in [0.3, 0.4) is 0 Å². The van der Waals surface area contributed by atoms with Crippen LogP contribution in [0.4, 0.5) is 5.69 Å². The molecule has 0 amide bonds. The van der Waals surface area contributed by atoms with E-state index in [1.807, 2.05) is 0 Å². The molecule has 1 aromatic rings. The zero-order chi connectivity index (χ0) is 13.8. The predicted octanol–water partition coefficient (Wildman–Crippen LogP) is 3.78. The average molecular weight is 270 g/mol. The van der Waals surface area contributed by atoms with Gasteiger partial charge in [-0.2, -0.15) is 4.99 Å². The maximum Gasteiger partial charge on any atom is 0.235 e. The molecule has 1 aromatic carbocycles. The maximum absolute atomic E-state index is 10.8. The van der Waals surface area contributed by atoms with Crippen LogP contribution in [-0.2, 0) is 10.3 Å². The summed E-state index contributed by atoms with van der Waals surface area (Å²) in [5.74, 6) is 0. The van der Waals surface area contributed by atoms with E-state index in [1.165, 1.54) is 30.5 Å². The molecule has 106 valence electrons. The van der Waals surface area contributed by atoms with Gasteiger partial charge in [0.25, 0.3) is 0 Å². The lowest BCUT2D eigenvalue weighted by molar-refractivity contribution is 0.456. The second-order valence-corrected chi connectivity index (χ2v) is 6.04. The number of benzene rings is 1. The molecule has 0 bridgehead atoms. The molecule has 3 heteroatoms. The summed E-state index contributed by atoms with van der Waals surface area (Å²) in [4.78, 5) is 17.4.